The van der Waals surface area contributed by atoms with Crippen molar-refractivity contribution in [3.05, 3.63) is 23.8 Å². The highest BCUT2D eigenvalue weighted by Gasteiger charge is 2.17. The lowest BCUT2D eigenvalue weighted by Crippen LogP contribution is -2.25. The molecular formula is C12H17F2NO2. The molecule has 17 heavy (non-hydrogen) atoms. The van der Waals surface area contributed by atoms with Crippen LogP contribution in [-0.2, 0) is 4.74 Å². The van der Waals surface area contributed by atoms with Crippen LogP contribution in [0.2, 0.25) is 0 Å². The third-order valence-corrected chi connectivity index (χ3v) is 2.57. The number of nitrogen functional groups attached to an aromatic ring is 1. The summed E-state index contributed by atoms with van der Waals surface area (Å²) in [5.74, 6) is -1.49. The zero-order chi connectivity index (χ0) is 13.1. The third-order valence-electron chi connectivity index (χ3n) is 2.57. The van der Waals surface area contributed by atoms with Gasteiger partial charge in [0, 0.05) is 25.7 Å². The molecule has 1 rings (SSSR count). The van der Waals surface area contributed by atoms with Gasteiger partial charge in [-0.1, -0.05) is 0 Å². The molecule has 0 aliphatic heterocycles. The van der Waals surface area contributed by atoms with Gasteiger partial charge in [-0.15, -0.1) is 0 Å². The molecule has 1 aromatic rings. The number of halogens is 2. The zero-order valence-electron chi connectivity index (χ0n) is 10.2. The Labute approximate surface area is 99.5 Å². The van der Waals surface area contributed by atoms with Crippen LogP contribution >= 0.6 is 0 Å². The molecule has 0 spiro atoms. The van der Waals surface area contributed by atoms with E-state index in [4.69, 9.17) is 15.2 Å². The summed E-state index contributed by atoms with van der Waals surface area (Å²) in [7, 11) is 1.59. The average Bonchev–Trinajstić information content (AvgIpc) is 2.25. The van der Waals surface area contributed by atoms with E-state index in [0.29, 0.717) is 6.42 Å². The summed E-state index contributed by atoms with van der Waals surface area (Å²) in [5, 5.41) is 0. The second kappa shape index (κ2) is 5.31. The van der Waals surface area contributed by atoms with Crippen LogP contribution < -0.4 is 10.5 Å². The molecule has 0 saturated heterocycles. The molecule has 0 radical (unpaired) electrons. The van der Waals surface area contributed by atoms with Crippen molar-refractivity contribution in [1.82, 2.24) is 0 Å². The highest BCUT2D eigenvalue weighted by atomic mass is 19.1. The molecule has 0 atom stereocenters. The minimum absolute atomic E-state index is 0.136. The van der Waals surface area contributed by atoms with Crippen molar-refractivity contribution in [2.45, 2.75) is 25.9 Å². The number of hydrogen-bond donors (Lipinski definition) is 1. The Bertz CT molecular complexity index is 394. The highest BCUT2D eigenvalue weighted by molar-refractivity contribution is 5.44. The summed E-state index contributed by atoms with van der Waals surface area (Å²) in [6.45, 7) is 4.01. The van der Waals surface area contributed by atoms with Crippen molar-refractivity contribution in [2.75, 3.05) is 19.5 Å². The van der Waals surface area contributed by atoms with Crippen molar-refractivity contribution >= 4 is 5.69 Å². The number of benzene rings is 1. The maximum Gasteiger partial charge on any atom is 0.167 e. The van der Waals surface area contributed by atoms with Crippen LogP contribution in [0.15, 0.2) is 12.1 Å². The van der Waals surface area contributed by atoms with Gasteiger partial charge in [0.1, 0.15) is 5.82 Å². The van der Waals surface area contributed by atoms with E-state index < -0.39 is 11.6 Å². The van der Waals surface area contributed by atoms with Gasteiger partial charge in [-0.3, -0.25) is 0 Å². The summed E-state index contributed by atoms with van der Waals surface area (Å²) in [4.78, 5) is 0. The molecule has 0 aliphatic rings. The number of hydrogen-bond acceptors (Lipinski definition) is 3. The van der Waals surface area contributed by atoms with E-state index in [-0.39, 0.29) is 23.6 Å². The molecule has 3 nitrogen and oxygen atoms in total. The second-order valence-corrected chi connectivity index (χ2v) is 4.37. The van der Waals surface area contributed by atoms with E-state index in [1.165, 1.54) is 0 Å². The van der Waals surface area contributed by atoms with E-state index in [2.05, 4.69) is 0 Å². The Morgan fingerprint density at radius 3 is 2.47 bits per heavy atom. The molecule has 0 aromatic heterocycles. The molecule has 1 aromatic carbocycles. The van der Waals surface area contributed by atoms with Crippen LogP contribution in [0, 0.1) is 11.6 Å². The van der Waals surface area contributed by atoms with E-state index in [1.54, 1.807) is 7.11 Å². The van der Waals surface area contributed by atoms with E-state index >= 15 is 0 Å². The summed E-state index contributed by atoms with van der Waals surface area (Å²) >= 11 is 0. The summed E-state index contributed by atoms with van der Waals surface area (Å²) in [5.41, 5.74) is 4.63. The normalized spacial score (nSPS) is 11.6. The lowest BCUT2D eigenvalue weighted by atomic mass is 10.1. The molecule has 5 heteroatoms. The van der Waals surface area contributed by atoms with Gasteiger partial charge in [-0.25, -0.2) is 8.78 Å². The molecule has 0 heterocycles. The Kier molecular flexibility index (Phi) is 4.28. The van der Waals surface area contributed by atoms with Crippen molar-refractivity contribution in [2.24, 2.45) is 0 Å². The number of methoxy groups -OCH3 is 1. The maximum absolute atomic E-state index is 13.3. The summed E-state index contributed by atoms with van der Waals surface area (Å²) in [6, 6.07) is 1.86. The van der Waals surface area contributed by atoms with Crippen molar-refractivity contribution < 1.29 is 18.3 Å². The highest BCUT2D eigenvalue weighted by Crippen LogP contribution is 2.23. The van der Waals surface area contributed by atoms with Crippen molar-refractivity contribution in [1.29, 1.82) is 0 Å². The van der Waals surface area contributed by atoms with Crippen molar-refractivity contribution in [3.63, 3.8) is 0 Å². The Hall–Kier alpha value is -1.36. The molecule has 0 amide bonds. The number of nitrogens with two attached hydrogens (primary N) is 1. The predicted molar refractivity (Wildman–Crippen MR) is 62.0 cm³/mol. The molecule has 0 fully saturated rings. The topological polar surface area (TPSA) is 44.5 Å². The van der Waals surface area contributed by atoms with Crippen LogP contribution in [0.3, 0.4) is 0 Å². The van der Waals surface area contributed by atoms with Gasteiger partial charge in [-0.2, -0.15) is 0 Å². The standard InChI is InChI=1S/C12H17F2NO2/c1-12(2,16-3)4-5-17-11-7-8(13)10(15)6-9(11)14/h6-7H,4-5,15H2,1-3H3. The SMILES string of the molecule is COC(C)(C)CCOc1cc(F)c(N)cc1F. The predicted octanol–water partition coefficient (Wildman–Crippen LogP) is 2.74. The lowest BCUT2D eigenvalue weighted by molar-refractivity contribution is 0.00512. The fourth-order valence-electron chi connectivity index (χ4n) is 1.16. The minimum Gasteiger partial charge on any atom is -0.490 e. The molecule has 0 aliphatic carbocycles. The van der Waals surface area contributed by atoms with Gasteiger partial charge >= 0.3 is 0 Å². The molecule has 0 saturated carbocycles. The van der Waals surface area contributed by atoms with Gasteiger partial charge in [0.15, 0.2) is 11.6 Å². The maximum atomic E-state index is 13.3. The molecule has 0 bridgehead atoms. The Morgan fingerprint density at radius 2 is 1.88 bits per heavy atom. The third kappa shape index (κ3) is 3.85. The van der Waals surface area contributed by atoms with Crippen LogP contribution in [-0.4, -0.2) is 19.3 Å². The largest absolute Gasteiger partial charge is 0.490 e. The first-order valence-corrected chi connectivity index (χ1v) is 5.28. The summed E-state index contributed by atoms with van der Waals surface area (Å²) < 4.78 is 36.8. The Balaban J connectivity index is 2.61. The van der Waals surface area contributed by atoms with E-state index in [9.17, 15) is 8.78 Å². The fraction of sp³-hybridized carbons (Fsp3) is 0.500. The zero-order valence-corrected chi connectivity index (χ0v) is 10.2. The van der Waals surface area contributed by atoms with E-state index in [0.717, 1.165) is 12.1 Å². The van der Waals surface area contributed by atoms with Gasteiger partial charge in [0.05, 0.1) is 17.9 Å². The number of rotatable bonds is 5. The first kappa shape index (κ1) is 13.7. The van der Waals surface area contributed by atoms with Crippen LogP contribution in [0.1, 0.15) is 20.3 Å². The fourth-order valence-corrected chi connectivity index (χ4v) is 1.16. The molecule has 0 unspecified atom stereocenters. The van der Waals surface area contributed by atoms with Crippen LogP contribution in [0.25, 0.3) is 0 Å². The van der Waals surface area contributed by atoms with E-state index in [1.807, 2.05) is 13.8 Å². The number of ether oxygens (including phenoxy) is 2. The first-order chi connectivity index (χ1) is 7.85. The Morgan fingerprint density at radius 1 is 1.24 bits per heavy atom. The average molecular weight is 245 g/mol. The van der Waals surface area contributed by atoms with Crippen molar-refractivity contribution in [3.8, 4) is 5.75 Å². The molecule has 96 valence electrons. The monoisotopic (exact) mass is 245 g/mol. The molecular weight excluding hydrogens is 228 g/mol. The van der Waals surface area contributed by atoms with Gasteiger partial charge in [0.25, 0.3) is 0 Å². The molecule has 2 N–H and O–H groups in total. The smallest absolute Gasteiger partial charge is 0.167 e. The van der Waals surface area contributed by atoms with Gasteiger partial charge in [-0.05, 0) is 13.8 Å². The quantitative estimate of drug-likeness (QED) is 0.811. The van der Waals surface area contributed by atoms with Crippen LogP contribution in [0.5, 0.6) is 5.75 Å². The van der Waals surface area contributed by atoms with Gasteiger partial charge < -0.3 is 15.2 Å². The summed E-state index contributed by atoms with van der Waals surface area (Å²) in [6.07, 6.45) is 0.564. The minimum atomic E-state index is -0.688. The second-order valence-electron chi connectivity index (χ2n) is 4.37. The first-order valence-electron chi connectivity index (χ1n) is 5.28. The van der Waals surface area contributed by atoms with Gasteiger partial charge in [0.2, 0.25) is 0 Å². The van der Waals surface area contributed by atoms with Crippen LogP contribution in [0.4, 0.5) is 14.5 Å². The lowest BCUT2D eigenvalue weighted by Gasteiger charge is -2.22. The number of anilines is 1.